The van der Waals surface area contributed by atoms with Crippen LogP contribution in [-0.4, -0.2) is 23.9 Å². The number of carbonyl (C=O) groups excluding carboxylic acids is 1. The Balaban J connectivity index is 1.65. The van der Waals surface area contributed by atoms with Crippen molar-refractivity contribution in [1.82, 2.24) is 4.90 Å². The van der Waals surface area contributed by atoms with Gasteiger partial charge in [-0.3, -0.25) is 4.79 Å². The average molecular weight is 289 g/mol. The molecule has 0 bridgehead atoms. The second-order valence-corrected chi connectivity index (χ2v) is 6.82. The third-order valence-corrected chi connectivity index (χ3v) is 5.43. The molecule has 2 fully saturated rings. The summed E-state index contributed by atoms with van der Waals surface area (Å²) in [7, 11) is 0. The Labute approximate surface area is 126 Å². The summed E-state index contributed by atoms with van der Waals surface area (Å²) in [5.41, 5.74) is 1.67. The molecule has 3 rings (SSSR count). The Morgan fingerprint density at radius 1 is 1.10 bits per heavy atom. The van der Waals surface area contributed by atoms with Crippen molar-refractivity contribution in [3.05, 3.63) is 35.1 Å². The molecule has 1 aliphatic carbocycles. The molecule has 0 aromatic heterocycles. The standard InChI is InChI=1S/C18H24FNO/c1-14-13-15(5-6-16(14)19)17(21)20-11-9-18(10-12-20)7-3-2-4-8-18/h5-6,13H,2-4,7-12H2,1H3. The van der Waals surface area contributed by atoms with E-state index >= 15 is 0 Å². The lowest BCUT2D eigenvalue weighted by atomic mass is 9.68. The fourth-order valence-electron chi connectivity index (χ4n) is 3.95. The number of piperidine rings is 1. The van der Waals surface area contributed by atoms with Gasteiger partial charge in [-0.15, -0.1) is 0 Å². The summed E-state index contributed by atoms with van der Waals surface area (Å²) in [6.45, 7) is 3.42. The molecule has 0 N–H and O–H groups in total. The molecule has 1 saturated heterocycles. The zero-order valence-electron chi connectivity index (χ0n) is 12.8. The molecule has 0 radical (unpaired) electrons. The minimum Gasteiger partial charge on any atom is -0.339 e. The summed E-state index contributed by atoms with van der Waals surface area (Å²) in [6.07, 6.45) is 9.03. The maximum atomic E-state index is 13.3. The molecule has 1 aromatic carbocycles. The van der Waals surface area contributed by atoms with E-state index in [0.29, 0.717) is 16.5 Å². The van der Waals surface area contributed by atoms with Gasteiger partial charge in [-0.1, -0.05) is 19.3 Å². The van der Waals surface area contributed by atoms with Crippen LogP contribution in [0.15, 0.2) is 18.2 Å². The highest BCUT2D eigenvalue weighted by molar-refractivity contribution is 5.94. The van der Waals surface area contributed by atoms with Gasteiger partial charge in [0.15, 0.2) is 0 Å². The van der Waals surface area contributed by atoms with Crippen LogP contribution in [0.4, 0.5) is 4.39 Å². The smallest absolute Gasteiger partial charge is 0.253 e. The molecular weight excluding hydrogens is 265 g/mol. The first-order valence-electron chi connectivity index (χ1n) is 8.15. The molecule has 2 nitrogen and oxygen atoms in total. The Morgan fingerprint density at radius 2 is 1.76 bits per heavy atom. The number of halogens is 1. The van der Waals surface area contributed by atoms with E-state index in [-0.39, 0.29) is 11.7 Å². The van der Waals surface area contributed by atoms with Crippen molar-refractivity contribution in [3.8, 4) is 0 Å². The maximum absolute atomic E-state index is 13.3. The molecule has 1 amide bonds. The van der Waals surface area contributed by atoms with E-state index < -0.39 is 0 Å². The van der Waals surface area contributed by atoms with E-state index in [0.717, 1.165) is 25.9 Å². The SMILES string of the molecule is Cc1cc(C(=O)N2CCC3(CCCCC3)CC2)ccc1F. The van der Waals surface area contributed by atoms with E-state index in [9.17, 15) is 9.18 Å². The second kappa shape index (κ2) is 5.78. The van der Waals surface area contributed by atoms with Crippen LogP contribution in [0.3, 0.4) is 0 Å². The average Bonchev–Trinajstić information content (AvgIpc) is 2.51. The minimum atomic E-state index is -0.244. The van der Waals surface area contributed by atoms with Gasteiger partial charge < -0.3 is 4.90 Å². The largest absolute Gasteiger partial charge is 0.339 e. The van der Waals surface area contributed by atoms with Gasteiger partial charge in [0.1, 0.15) is 5.82 Å². The molecule has 21 heavy (non-hydrogen) atoms. The summed E-state index contributed by atoms with van der Waals surface area (Å²) in [4.78, 5) is 14.5. The Morgan fingerprint density at radius 3 is 2.38 bits per heavy atom. The van der Waals surface area contributed by atoms with Crippen molar-refractivity contribution < 1.29 is 9.18 Å². The van der Waals surface area contributed by atoms with Crippen LogP contribution in [0.25, 0.3) is 0 Å². The van der Waals surface area contributed by atoms with Gasteiger partial charge in [0.05, 0.1) is 0 Å². The molecule has 2 aliphatic rings. The number of likely N-dealkylation sites (tertiary alicyclic amines) is 1. The molecule has 1 spiro atoms. The molecule has 3 heteroatoms. The van der Waals surface area contributed by atoms with Gasteiger partial charge in [-0.2, -0.15) is 0 Å². The summed E-state index contributed by atoms with van der Waals surface area (Å²) in [5.74, 6) is -0.185. The molecule has 1 saturated carbocycles. The number of benzene rings is 1. The quantitative estimate of drug-likeness (QED) is 0.754. The predicted molar refractivity (Wildman–Crippen MR) is 81.8 cm³/mol. The number of carbonyl (C=O) groups is 1. The van der Waals surface area contributed by atoms with Crippen LogP contribution in [-0.2, 0) is 0 Å². The Kier molecular flexibility index (Phi) is 4.01. The van der Waals surface area contributed by atoms with Crippen LogP contribution >= 0.6 is 0 Å². The normalized spacial score (nSPS) is 21.5. The van der Waals surface area contributed by atoms with Gasteiger partial charge in [-0.25, -0.2) is 4.39 Å². The van der Waals surface area contributed by atoms with E-state index in [1.807, 2.05) is 4.90 Å². The summed E-state index contributed by atoms with van der Waals surface area (Å²) in [5, 5.41) is 0. The van der Waals surface area contributed by atoms with E-state index in [2.05, 4.69) is 0 Å². The summed E-state index contributed by atoms with van der Waals surface area (Å²) >= 11 is 0. The number of hydrogen-bond acceptors (Lipinski definition) is 1. The molecule has 114 valence electrons. The van der Waals surface area contributed by atoms with Gasteiger partial charge in [0, 0.05) is 18.7 Å². The zero-order valence-corrected chi connectivity index (χ0v) is 12.8. The second-order valence-electron chi connectivity index (χ2n) is 6.82. The molecule has 0 atom stereocenters. The molecular formula is C18H24FNO. The lowest BCUT2D eigenvalue weighted by molar-refractivity contribution is 0.0472. The highest BCUT2D eigenvalue weighted by Gasteiger charge is 2.36. The first kappa shape index (κ1) is 14.6. The number of amides is 1. The van der Waals surface area contributed by atoms with Gasteiger partial charge in [0.25, 0.3) is 5.91 Å². The van der Waals surface area contributed by atoms with Crippen molar-refractivity contribution >= 4 is 5.91 Å². The van der Waals surface area contributed by atoms with Crippen LogP contribution in [0.1, 0.15) is 60.9 Å². The van der Waals surface area contributed by atoms with Crippen molar-refractivity contribution in [3.63, 3.8) is 0 Å². The number of hydrogen-bond donors (Lipinski definition) is 0. The highest BCUT2D eigenvalue weighted by Crippen LogP contribution is 2.44. The Bertz CT molecular complexity index is 524. The van der Waals surface area contributed by atoms with Gasteiger partial charge in [-0.05, 0) is 61.8 Å². The van der Waals surface area contributed by atoms with Crippen LogP contribution in [0, 0.1) is 18.2 Å². The van der Waals surface area contributed by atoms with E-state index in [4.69, 9.17) is 0 Å². The first-order chi connectivity index (χ1) is 10.1. The number of nitrogens with zero attached hydrogens (tertiary/aromatic N) is 1. The Hall–Kier alpha value is -1.38. The van der Waals surface area contributed by atoms with Crippen molar-refractivity contribution in [1.29, 1.82) is 0 Å². The predicted octanol–water partition coefficient (Wildman–Crippen LogP) is 4.32. The summed E-state index contributed by atoms with van der Waals surface area (Å²) in [6, 6.07) is 4.67. The minimum absolute atomic E-state index is 0.0590. The molecule has 0 unspecified atom stereocenters. The van der Waals surface area contributed by atoms with Crippen LogP contribution in [0.2, 0.25) is 0 Å². The fraction of sp³-hybridized carbons (Fsp3) is 0.611. The van der Waals surface area contributed by atoms with Crippen molar-refractivity contribution in [2.45, 2.75) is 51.9 Å². The third kappa shape index (κ3) is 2.97. The lowest BCUT2D eigenvalue weighted by Crippen LogP contribution is -2.43. The lowest BCUT2D eigenvalue weighted by Gasteiger charge is -2.44. The zero-order chi connectivity index (χ0) is 14.9. The fourth-order valence-corrected chi connectivity index (χ4v) is 3.95. The van der Waals surface area contributed by atoms with Crippen LogP contribution in [0.5, 0.6) is 0 Å². The van der Waals surface area contributed by atoms with E-state index in [1.54, 1.807) is 19.1 Å². The monoisotopic (exact) mass is 289 g/mol. The van der Waals surface area contributed by atoms with Crippen molar-refractivity contribution in [2.75, 3.05) is 13.1 Å². The maximum Gasteiger partial charge on any atom is 0.253 e. The first-order valence-corrected chi connectivity index (χ1v) is 8.15. The number of rotatable bonds is 1. The van der Waals surface area contributed by atoms with Gasteiger partial charge >= 0.3 is 0 Å². The highest BCUT2D eigenvalue weighted by atomic mass is 19.1. The van der Waals surface area contributed by atoms with Crippen LogP contribution < -0.4 is 0 Å². The summed E-state index contributed by atoms with van der Waals surface area (Å²) < 4.78 is 13.3. The number of aryl methyl sites for hydroxylation is 1. The van der Waals surface area contributed by atoms with E-state index in [1.165, 1.54) is 38.2 Å². The van der Waals surface area contributed by atoms with Gasteiger partial charge in [0.2, 0.25) is 0 Å². The molecule has 1 heterocycles. The molecule has 1 aliphatic heterocycles. The van der Waals surface area contributed by atoms with Crippen molar-refractivity contribution in [2.24, 2.45) is 5.41 Å². The topological polar surface area (TPSA) is 20.3 Å². The molecule has 1 aromatic rings. The third-order valence-electron chi connectivity index (χ3n) is 5.43.